The number of hydrogen-bond donors (Lipinski definition) is 0. The normalized spacial score (nSPS) is 10.6. The van der Waals surface area contributed by atoms with E-state index >= 15 is 0 Å². The lowest BCUT2D eigenvalue weighted by Crippen LogP contribution is -1.98. The molecule has 0 saturated carbocycles. The van der Waals surface area contributed by atoms with Crippen LogP contribution < -0.4 is 0 Å². The standard InChI is InChI=1S/C8H11BrN2/c1-5(2)8-6(3)11-10-4-7(8)9/h4-5H,1-3H3. The zero-order valence-corrected chi connectivity index (χ0v) is 8.51. The number of nitrogens with zero attached hydrogens (tertiary/aromatic N) is 2. The summed E-state index contributed by atoms with van der Waals surface area (Å²) < 4.78 is 1.06. The van der Waals surface area contributed by atoms with E-state index in [0.29, 0.717) is 5.92 Å². The Hall–Kier alpha value is -0.440. The molecule has 1 aromatic rings. The van der Waals surface area contributed by atoms with Gasteiger partial charge in [0.2, 0.25) is 0 Å². The average Bonchev–Trinajstić information content (AvgIpc) is 1.85. The van der Waals surface area contributed by atoms with Crippen molar-refractivity contribution in [3.63, 3.8) is 0 Å². The van der Waals surface area contributed by atoms with Gasteiger partial charge < -0.3 is 0 Å². The molecule has 11 heavy (non-hydrogen) atoms. The maximum absolute atomic E-state index is 3.98. The molecule has 0 aliphatic heterocycles. The van der Waals surface area contributed by atoms with Crippen LogP contribution in [0, 0.1) is 6.92 Å². The lowest BCUT2D eigenvalue weighted by Gasteiger charge is -2.08. The Kier molecular flexibility index (Phi) is 2.60. The lowest BCUT2D eigenvalue weighted by molar-refractivity contribution is 0.811. The Morgan fingerprint density at radius 1 is 1.45 bits per heavy atom. The maximum Gasteiger partial charge on any atom is 0.0645 e. The molecule has 0 unspecified atom stereocenters. The van der Waals surface area contributed by atoms with Crippen LogP contribution >= 0.6 is 15.9 Å². The number of hydrogen-bond acceptors (Lipinski definition) is 2. The van der Waals surface area contributed by atoms with Crippen molar-refractivity contribution < 1.29 is 0 Å². The van der Waals surface area contributed by atoms with Gasteiger partial charge in [-0.25, -0.2) is 0 Å². The quantitative estimate of drug-likeness (QED) is 0.719. The van der Waals surface area contributed by atoms with E-state index < -0.39 is 0 Å². The summed E-state index contributed by atoms with van der Waals surface area (Å²) in [6.45, 7) is 6.27. The fraction of sp³-hybridized carbons (Fsp3) is 0.500. The largest absolute Gasteiger partial charge is 0.158 e. The molecule has 0 aliphatic carbocycles. The minimum atomic E-state index is 0.500. The molecule has 1 rings (SSSR count). The van der Waals surface area contributed by atoms with E-state index in [1.54, 1.807) is 6.20 Å². The number of aryl methyl sites for hydroxylation is 1. The first-order valence-electron chi connectivity index (χ1n) is 3.60. The fourth-order valence-electron chi connectivity index (χ4n) is 1.16. The third-order valence-electron chi connectivity index (χ3n) is 1.60. The topological polar surface area (TPSA) is 25.8 Å². The summed E-state index contributed by atoms with van der Waals surface area (Å²) in [5.41, 5.74) is 2.26. The van der Waals surface area contributed by atoms with Crippen LogP contribution in [0.25, 0.3) is 0 Å². The van der Waals surface area contributed by atoms with Crippen molar-refractivity contribution in [2.24, 2.45) is 0 Å². The maximum atomic E-state index is 3.98. The van der Waals surface area contributed by atoms with Crippen LogP contribution in [0.15, 0.2) is 10.7 Å². The molecule has 0 aromatic carbocycles. The van der Waals surface area contributed by atoms with Crippen LogP contribution in [-0.2, 0) is 0 Å². The molecular weight excluding hydrogens is 204 g/mol. The summed E-state index contributed by atoms with van der Waals surface area (Å²) in [6, 6.07) is 0. The number of halogens is 1. The molecule has 0 radical (unpaired) electrons. The van der Waals surface area contributed by atoms with E-state index in [1.165, 1.54) is 5.56 Å². The third-order valence-corrected chi connectivity index (χ3v) is 2.24. The van der Waals surface area contributed by atoms with Crippen molar-refractivity contribution in [2.45, 2.75) is 26.7 Å². The van der Waals surface area contributed by atoms with Crippen molar-refractivity contribution in [3.05, 3.63) is 21.9 Å². The van der Waals surface area contributed by atoms with Crippen LogP contribution in [0.2, 0.25) is 0 Å². The monoisotopic (exact) mass is 214 g/mol. The highest BCUT2D eigenvalue weighted by molar-refractivity contribution is 9.10. The Morgan fingerprint density at radius 3 is 2.45 bits per heavy atom. The Bertz CT molecular complexity index is 238. The second-order valence-electron chi connectivity index (χ2n) is 2.85. The van der Waals surface area contributed by atoms with E-state index in [0.717, 1.165) is 10.2 Å². The van der Waals surface area contributed by atoms with Gasteiger partial charge in [-0.05, 0) is 34.3 Å². The summed E-state index contributed by atoms with van der Waals surface area (Å²) >= 11 is 3.45. The second-order valence-corrected chi connectivity index (χ2v) is 3.70. The first-order chi connectivity index (χ1) is 5.13. The molecule has 0 saturated heterocycles. The average molecular weight is 215 g/mol. The minimum Gasteiger partial charge on any atom is -0.158 e. The zero-order valence-electron chi connectivity index (χ0n) is 6.93. The van der Waals surface area contributed by atoms with Gasteiger partial charge in [-0.1, -0.05) is 13.8 Å². The van der Waals surface area contributed by atoms with Crippen LogP contribution in [-0.4, -0.2) is 10.2 Å². The number of aromatic nitrogens is 2. The smallest absolute Gasteiger partial charge is 0.0645 e. The molecule has 0 amide bonds. The molecule has 2 nitrogen and oxygen atoms in total. The van der Waals surface area contributed by atoms with Gasteiger partial charge in [0.1, 0.15) is 0 Å². The van der Waals surface area contributed by atoms with Gasteiger partial charge >= 0.3 is 0 Å². The van der Waals surface area contributed by atoms with Crippen molar-refractivity contribution in [1.82, 2.24) is 10.2 Å². The minimum absolute atomic E-state index is 0.500. The predicted molar refractivity (Wildman–Crippen MR) is 48.6 cm³/mol. The van der Waals surface area contributed by atoms with Gasteiger partial charge in [-0.2, -0.15) is 10.2 Å². The Balaban J connectivity index is 3.21. The molecule has 0 fully saturated rings. The molecule has 0 bridgehead atoms. The van der Waals surface area contributed by atoms with E-state index in [2.05, 4.69) is 40.0 Å². The molecular formula is C8H11BrN2. The molecule has 0 aliphatic rings. The van der Waals surface area contributed by atoms with Crippen LogP contribution in [0.4, 0.5) is 0 Å². The lowest BCUT2D eigenvalue weighted by atomic mass is 10.0. The van der Waals surface area contributed by atoms with Gasteiger partial charge in [0.25, 0.3) is 0 Å². The molecule has 0 spiro atoms. The van der Waals surface area contributed by atoms with E-state index in [9.17, 15) is 0 Å². The molecule has 60 valence electrons. The second kappa shape index (κ2) is 3.30. The van der Waals surface area contributed by atoms with Crippen molar-refractivity contribution in [2.75, 3.05) is 0 Å². The Morgan fingerprint density at radius 2 is 2.09 bits per heavy atom. The third kappa shape index (κ3) is 1.77. The van der Waals surface area contributed by atoms with Crippen molar-refractivity contribution in [3.8, 4) is 0 Å². The van der Waals surface area contributed by atoms with Crippen molar-refractivity contribution >= 4 is 15.9 Å². The first-order valence-corrected chi connectivity index (χ1v) is 4.40. The summed E-state index contributed by atoms with van der Waals surface area (Å²) in [5.74, 6) is 0.500. The van der Waals surface area contributed by atoms with Crippen molar-refractivity contribution in [1.29, 1.82) is 0 Å². The highest BCUT2D eigenvalue weighted by Crippen LogP contribution is 2.24. The summed E-state index contributed by atoms with van der Waals surface area (Å²) in [4.78, 5) is 0. The SMILES string of the molecule is Cc1nncc(Br)c1C(C)C. The Labute approximate surface area is 75.2 Å². The van der Waals surface area contributed by atoms with Gasteiger partial charge in [-0.3, -0.25) is 0 Å². The molecule has 3 heteroatoms. The fourth-order valence-corrected chi connectivity index (χ4v) is 1.99. The van der Waals surface area contributed by atoms with Crippen LogP contribution in [0.1, 0.15) is 31.0 Å². The molecule has 1 heterocycles. The van der Waals surface area contributed by atoms with Crippen LogP contribution in [0.3, 0.4) is 0 Å². The van der Waals surface area contributed by atoms with E-state index in [-0.39, 0.29) is 0 Å². The van der Waals surface area contributed by atoms with E-state index in [1.807, 2.05) is 6.92 Å². The van der Waals surface area contributed by atoms with Gasteiger partial charge in [0.05, 0.1) is 11.9 Å². The highest BCUT2D eigenvalue weighted by Gasteiger charge is 2.08. The van der Waals surface area contributed by atoms with Gasteiger partial charge in [-0.15, -0.1) is 0 Å². The predicted octanol–water partition coefficient (Wildman–Crippen LogP) is 2.67. The zero-order chi connectivity index (χ0) is 8.43. The molecule has 1 aromatic heterocycles. The van der Waals surface area contributed by atoms with Gasteiger partial charge in [0, 0.05) is 4.47 Å². The molecule has 0 atom stereocenters. The summed E-state index contributed by atoms with van der Waals surface area (Å²) in [7, 11) is 0. The van der Waals surface area contributed by atoms with E-state index in [4.69, 9.17) is 0 Å². The van der Waals surface area contributed by atoms with Gasteiger partial charge in [0.15, 0.2) is 0 Å². The number of rotatable bonds is 1. The summed E-state index contributed by atoms with van der Waals surface area (Å²) in [6.07, 6.45) is 1.74. The van der Waals surface area contributed by atoms with Crippen LogP contribution in [0.5, 0.6) is 0 Å². The molecule has 0 N–H and O–H groups in total. The first kappa shape index (κ1) is 8.65. The highest BCUT2D eigenvalue weighted by atomic mass is 79.9. The summed E-state index contributed by atoms with van der Waals surface area (Å²) in [5, 5.41) is 7.81.